The first-order chi connectivity index (χ1) is 14.2. The van der Waals surface area contributed by atoms with E-state index < -0.39 is 17.6 Å². The normalized spacial score (nSPS) is 11.9. The van der Waals surface area contributed by atoms with Gasteiger partial charge in [0.1, 0.15) is 11.4 Å². The fourth-order valence-corrected chi connectivity index (χ4v) is 2.37. The van der Waals surface area contributed by atoms with Crippen LogP contribution in [0.4, 0.5) is 13.2 Å². The second-order valence-corrected chi connectivity index (χ2v) is 6.27. The Balaban J connectivity index is 1.75. The minimum Gasteiger partial charge on any atom is -0.393 e. The van der Waals surface area contributed by atoms with Gasteiger partial charge in [-0.05, 0) is 25.0 Å². The van der Waals surface area contributed by atoms with E-state index in [-0.39, 0.29) is 23.6 Å². The molecule has 0 aliphatic carbocycles. The van der Waals surface area contributed by atoms with Crippen molar-refractivity contribution in [1.82, 2.24) is 30.3 Å². The highest BCUT2D eigenvalue weighted by molar-refractivity contribution is 5.92. The number of nitrogens with two attached hydrogens (primary N) is 2. The van der Waals surface area contributed by atoms with Gasteiger partial charge in [-0.25, -0.2) is 5.84 Å². The van der Waals surface area contributed by atoms with Crippen LogP contribution in [0, 0.1) is 0 Å². The molecule has 1 amide bonds. The number of halogens is 3. The maximum Gasteiger partial charge on any atom is 0.416 e. The van der Waals surface area contributed by atoms with Crippen molar-refractivity contribution in [3.63, 3.8) is 0 Å². The van der Waals surface area contributed by atoms with Gasteiger partial charge in [0.05, 0.1) is 24.0 Å². The molecule has 10 nitrogen and oxygen atoms in total. The predicted octanol–water partition coefficient (Wildman–Crippen LogP) is 0.577. The third-order valence-corrected chi connectivity index (χ3v) is 3.87. The standard InChI is InChI=1S/C17H21F3N8O2/c18-17(19,20)12-3-4-23-13(7-12)8-24-16(30)15(21)10-27(22)5-1-2-6-28-9-14(11-29)25-26-28/h3-4,7,9-11H,1-2,5-6,8,21-22H2,(H,24,30)/b15-10-. The Labute approximate surface area is 169 Å². The lowest BCUT2D eigenvalue weighted by Gasteiger charge is -2.15. The first kappa shape index (κ1) is 22.8. The number of carbonyl (C=O) groups is 2. The lowest BCUT2D eigenvalue weighted by molar-refractivity contribution is -0.137. The summed E-state index contributed by atoms with van der Waals surface area (Å²) in [7, 11) is 0. The van der Waals surface area contributed by atoms with Crippen molar-refractivity contribution >= 4 is 12.2 Å². The molecule has 0 unspecified atom stereocenters. The van der Waals surface area contributed by atoms with Gasteiger partial charge in [0.15, 0.2) is 6.29 Å². The minimum atomic E-state index is -4.49. The predicted molar refractivity (Wildman–Crippen MR) is 98.9 cm³/mol. The summed E-state index contributed by atoms with van der Waals surface area (Å²) in [6.45, 7) is 0.708. The lowest BCUT2D eigenvalue weighted by atomic mass is 10.2. The van der Waals surface area contributed by atoms with Gasteiger partial charge in [-0.1, -0.05) is 5.21 Å². The van der Waals surface area contributed by atoms with Crippen LogP contribution < -0.4 is 16.9 Å². The van der Waals surface area contributed by atoms with Crippen LogP contribution >= 0.6 is 0 Å². The maximum absolute atomic E-state index is 12.7. The summed E-state index contributed by atoms with van der Waals surface area (Å²) >= 11 is 0. The number of hydrogen-bond donors (Lipinski definition) is 3. The van der Waals surface area contributed by atoms with Crippen LogP contribution in [0.15, 0.2) is 36.4 Å². The molecular weight excluding hydrogens is 405 g/mol. The van der Waals surface area contributed by atoms with Gasteiger partial charge in [0.25, 0.3) is 5.91 Å². The summed E-state index contributed by atoms with van der Waals surface area (Å²) in [5.41, 5.74) is 4.90. The number of aldehydes is 1. The monoisotopic (exact) mass is 426 g/mol. The number of alkyl halides is 3. The fraction of sp³-hybridized carbons (Fsp3) is 0.353. The number of aromatic nitrogens is 4. The van der Waals surface area contributed by atoms with Gasteiger partial charge in [0, 0.05) is 25.5 Å². The van der Waals surface area contributed by atoms with E-state index in [1.165, 1.54) is 22.1 Å². The van der Waals surface area contributed by atoms with Crippen molar-refractivity contribution < 1.29 is 22.8 Å². The summed E-state index contributed by atoms with van der Waals surface area (Å²) in [6, 6.07) is 1.69. The highest BCUT2D eigenvalue weighted by Crippen LogP contribution is 2.28. The van der Waals surface area contributed by atoms with Crippen molar-refractivity contribution in [2.24, 2.45) is 11.6 Å². The van der Waals surface area contributed by atoms with Gasteiger partial charge >= 0.3 is 6.18 Å². The summed E-state index contributed by atoms with van der Waals surface area (Å²) in [4.78, 5) is 26.3. The first-order valence-corrected chi connectivity index (χ1v) is 8.83. The molecule has 2 aromatic rings. The van der Waals surface area contributed by atoms with Crippen LogP contribution in [0.2, 0.25) is 0 Å². The molecule has 13 heteroatoms. The second kappa shape index (κ2) is 10.3. The van der Waals surface area contributed by atoms with Crippen molar-refractivity contribution in [2.45, 2.75) is 32.1 Å². The van der Waals surface area contributed by atoms with Crippen molar-refractivity contribution in [3.05, 3.63) is 53.4 Å². The molecule has 2 heterocycles. The van der Waals surface area contributed by atoms with Crippen LogP contribution in [0.5, 0.6) is 0 Å². The van der Waals surface area contributed by atoms with Crippen molar-refractivity contribution in [1.29, 1.82) is 0 Å². The molecule has 0 radical (unpaired) electrons. The summed E-state index contributed by atoms with van der Waals surface area (Å²) in [6.07, 6.45) is 1.22. The quantitative estimate of drug-likeness (QED) is 0.164. The van der Waals surface area contributed by atoms with Gasteiger partial charge in [-0.2, -0.15) is 13.2 Å². The summed E-state index contributed by atoms with van der Waals surface area (Å²) < 4.78 is 39.6. The molecule has 0 saturated carbocycles. The highest BCUT2D eigenvalue weighted by Gasteiger charge is 2.30. The zero-order chi connectivity index (χ0) is 22.1. The number of hydrogen-bond acceptors (Lipinski definition) is 8. The number of rotatable bonds is 10. The third-order valence-electron chi connectivity index (χ3n) is 3.87. The van der Waals surface area contributed by atoms with Gasteiger partial charge in [0.2, 0.25) is 0 Å². The van der Waals surface area contributed by atoms with Crippen LogP contribution in [0.25, 0.3) is 0 Å². The topological polar surface area (TPSA) is 145 Å². The Bertz CT molecular complexity index is 897. The minimum absolute atomic E-state index is 0.0430. The van der Waals surface area contributed by atoms with E-state index in [2.05, 4.69) is 20.6 Å². The molecular formula is C17H21F3N8O2. The molecule has 2 aromatic heterocycles. The van der Waals surface area contributed by atoms with E-state index in [0.717, 1.165) is 18.3 Å². The third kappa shape index (κ3) is 7.16. The van der Waals surface area contributed by atoms with E-state index in [1.54, 1.807) is 0 Å². The molecule has 30 heavy (non-hydrogen) atoms. The fourth-order valence-electron chi connectivity index (χ4n) is 2.37. The molecule has 5 N–H and O–H groups in total. The Hall–Kier alpha value is -3.48. The zero-order valence-corrected chi connectivity index (χ0v) is 15.8. The Morgan fingerprint density at radius 1 is 1.33 bits per heavy atom. The van der Waals surface area contributed by atoms with E-state index in [1.807, 2.05) is 0 Å². The molecule has 0 aromatic carbocycles. The van der Waals surface area contributed by atoms with Crippen molar-refractivity contribution in [2.75, 3.05) is 6.54 Å². The number of nitrogens with zero attached hydrogens (tertiary/aromatic N) is 5. The zero-order valence-electron chi connectivity index (χ0n) is 15.8. The molecule has 2 rings (SSSR count). The number of nitrogens with one attached hydrogen (secondary N) is 1. The Morgan fingerprint density at radius 2 is 2.10 bits per heavy atom. The largest absolute Gasteiger partial charge is 0.416 e. The molecule has 0 fully saturated rings. The SMILES string of the molecule is N/C(=C\N(N)CCCCn1cc(C=O)nn1)C(=O)NCc1cc(C(F)(F)F)ccn1. The summed E-state index contributed by atoms with van der Waals surface area (Å²) in [5, 5.41) is 11.0. The Kier molecular flexibility index (Phi) is 7.86. The van der Waals surface area contributed by atoms with Gasteiger partial charge in [-0.15, -0.1) is 5.10 Å². The average molecular weight is 426 g/mol. The molecule has 0 aliphatic heterocycles. The molecule has 0 aliphatic rings. The van der Waals surface area contributed by atoms with E-state index in [4.69, 9.17) is 11.6 Å². The number of carbonyl (C=O) groups excluding carboxylic acids is 2. The number of unbranched alkanes of at least 4 members (excludes halogenated alkanes) is 1. The maximum atomic E-state index is 12.7. The average Bonchev–Trinajstić information content (AvgIpc) is 3.17. The molecule has 162 valence electrons. The van der Waals surface area contributed by atoms with Crippen LogP contribution in [0.1, 0.15) is 34.6 Å². The van der Waals surface area contributed by atoms with E-state index in [0.29, 0.717) is 32.2 Å². The second-order valence-electron chi connectivity index (χ2n) is 6.27. The molecule has 0 bridgehead atoms. The Morgan fingerprint density at radius 3 is 2.77 bits per heavy atom. The van der Waals surface area contributed by atoms with E-state index >= 15 is 0 Å². The molecule has 0 spiro atoms. The van der Waals surface area contributed by atoms with Gasteiger partial charge in [-0.3, -0.25) is 19.3 Å². The molecule has 0 atom stereocenters. The first-order valence-electron chi connectivity index (χ1n) is 8.83. The van der Waals surface area contributed by atoms with Crippen LogP contribution in [-0.4, -0.2) is 43.7 Å². The number of amides is 1. The van der Waals surface area contributed by atoms with Gasteiger partial charge < -0.3 is 16.1 Å². The smallest absolute Gasteiger partial charge is 0.393 e. The summed E-state index contributed by atoms with van der Waals surface area (Å²) in [5.74, 6) is 5.08. The number of aryl methyl sites for hydroxylation is 1. The molecule has 0 saturated heterocycles. The highest BCUT2D eigenvalue weighted by atomic mass is 19.4. The van der Waals surface area contributed by atoms with Crippen LogP contribution in [-0.2, 0) is 24.1 Å². The van der Waals surface area contributed by atoms with Crippen molar-refractivity contribution in [3.8, 4) is 0 Å². The number of pyridine rings is 1. The lowest BCUT2D eigenvalue weighted by Crippen LogP contribution is -2.33. The van der Waals surface area contributed by atoms with Crippen LogP contribution in [0.3, 0.4) is 0 Å². The van der Waals surface area contributed by atoms with E-state index in [9.17, 15) is 22.8 Å². The number of hydrazine groups is 1.